The summed E-state index contributed by atoms with van der Waals surface area (Å²) >= 11 is -0.826. The molecule has 0 saturated heterocycles. The third-order valence-electron chi connectivity index (χ3n) is 5.17. The van der Waals surface area contributed by atoms with Crippen molar-refractivity contribution in [3.05, 3.63) is 64.7 Å². The Bertz CT molecular complexity index is 865. The van der Waals surface area contributed by atoms with E-state index in [0.717, 1.165) is 6.42 Å². The zero-order valence-corrected chi connectivity index (χ0v) is 21.1. The molecule has 27 heavy (non-hydrogen) atoms. The van der Waals surface area contributed by atoms with Gasteiger partial charge in [0.1, 0.15) is 0 Å². The van der Waals surface area contributed by atoms with Crippen LogP contribution in [-0.2, 0) is 27.3 Å². The van der Waals surface area contributed by atoms with Crippen molar-refractivity contribution < 1.29 is 20.8 Å². The van der Waals surface area contributed by atoms with Crippen LogP contribution < -0.4 is 0 Å². The molecule has 0 heterocycles. The van der Waals surface area contributed by atoms with E-state index < -0.39 is 20.8 Å². The van der Waals surface area contributed by atoms with Gasteiger partial charge in [-0.25, -0.2) is 0 Å². The van der Waals surface area contributed by atoms with Gasteiger partial charge in [-0.3, -0.25) is 0 Å². The van der Waals surface area contributed by atoms with E-state index in [1.807, 2.05) is 0 Å². The molecule has 0 aliphatic heterocycles. The van der Waals surface area contributed by atoms with Gasteiger partial charge in [0.25, 0.3) is 0 Å². The van der Waals surface area contributed by atoms with E-state index >= 15 is 0 Å². The number of benzene rings is 2. The summed E-state index contributed by atoms with van der Waals surface area (Å²) in [5.41, 5.74) is 8.47. The molecule has 0 bridgehead atoms. The molecular weight excluding hydrogens is 450 g/mol. The van der Waals surface area contributed by atoms with Crippen LogP contribution in [0, 0.1) is 6.92 Å². The van der Waals surface area contributed by atoms with Gasteiger partial charge in [0.05, 0.1) is 0 Å². The standard InChI is InChI=1S/C24H29.2ClH.Zr/c1-7-18-10-19-9-8-17(6)24(23(19)11-18)22-13-20(15(2)3)12-21(14-22)16(4)5;;;/h8-16H,7H2,1-6H3;2*1H;/q-1;;;+2/p-2. The fourth-order valence-electron chi connectivity index (χ4n) is 3.53. The summed E-state index contributed by atoms with van der Waals surface area (Å²) in [4.78, 5) is 0. The van der Waals surface area contributed by atoms with Crippen molar-refractivity contribution >= 4 is 27.8 Å². The van der Waals surface area contributed by atoms with Gasteiger partial charge in [-0.1, -0.05) is 63.9 Å². The Kier molecular flexibility index (Phi) is 8.73. The second kappa shape index (κ2) is 10.3. The molecule has 0 spiro atoms. The van der Waals surface area contributed by atoms with Crippen molar-refractivity contribution in [2.75, 3.05) is 0 Å². The van der Waals surface area contributed by atoms with E-state index in [1.54, 1.807) is 0 Å². The Labute approximate surface area is 183 Å². The first kappa shape index (κ1) is 22.8. The zero-order valence-electron chi connectivity index (χ0n) is 17.2. The zero-order chi connectivity index (χ0) is 20.1. The number of rotatable bonds is 4. The molecule has 0 atom stereocenters. The SMILES string of the molecule is CCc1cc2c(-c3cc(C(C)C)cc(C(C)C)c3)c(C)ccc2[cH-]1.[Cl][Zr][Cl]. The average Bonchev–Trinajstić information content (AvgIpc) is 3.05. The molecule has 3 heteroatoms. The van der Waals surface area contributed by atoms with Gasteiger partial charge < -0.3 is 0 Å². The Hall–Kier alpha value is -0.487. The Morgan fingerprint density at radius 1 is 0.926 bits per heavy atom. The van der Waals surface area contributed by atoms with E-state index in [2.05, 4.69) is 84.0 Å². The van der Waals surface area contributed by atoms with E-state index in [0.29, 0.717) is 11.8 Å². The van der Waals surface area contributed by atoms with Gasteiger partial charge in [-0.05, 0) is 41.9 Å². The van der Waals surface area contributed by atoms with Gasteiger partial charge in [0, 0.05) is 0 Å². The van der Waals surface area contributed by atoms with Crippen LogP contribution in [0.1, 0.15) is 68.7 Å². The van der Waals surface area contributed by atoms with Crippen LogP contribution in [0.5, 0.6) is 0 Å². The topological polar surface area (TPSA) is 0 Å². The molecule has 0 aliphatic carbocycles. The van der Waals surface area contributed by atoms with Crippen molar-refractivity contribution in [2.45, 2.75) is 59.8 Å². The number of aryl methyl sites for hydroxylation is 2. The molecule has 144 valence electrons. The average molecular weight is 480 g/mol. The van der Waals surface area contributed by atoms with Crippen LogP contribution in [0.3, 0.4) is 0 Å². The summed E-state index contributed by atoms with van der Waals surface area (Å²) < 4.78 is 0. The minimum atomic E-state index is -0.826. The molecule has 0 N–H and O–H groups in total. The van der Waals surface area contributed by atoms with Gasteiger partial charge in [0.2, 0.25) is 0 Å². The molecule has 3 aromatic rings. The number of fused-ring (bicyclic) bond motifs is 1. The summed E-state index contributed by atoms with van der Waals surface area (Å²) in [6.07, 6.45) is 1.09. The normalized spacial score (nSPS) is 11.0. The fraction of sp³-hybridized carbons (Fsp3) is 0.375. The Morgan fingerprint density at radius 2 is 1.48 bits per heavy atom. The number of halogens is 2. The second-order valence-corrected chi connectivity index (χ2v) is 11.5. The summed E-state index contributed by atoms with van der Waals surface area (Å²) in [5.74, 6) is 1.10. The number of hydrogen-bond donors (Lipinski definition) is 0. The third kappa shape index (κ3) is 5.53. The fourth-order valence-corrected chi connectivity index (χ4v) is 3.53. The Balaban J connectivity index is 0.000000817. The van der Waals surface area contributed by atoms with Crippen LogP contribution >= 0.6 is 17.0 Å². The predicted molar refractivity (Wildman–Crippen MR) is 119 cm³/mol. The molecule has 0 fully saturated rings. The molecule has 3 rings (SSSR count). The van der Waals surface area contributed by atoms with Crippen LogP contribution in [-0.4, -0.2) is 0 Å². The maximum atomic E-state index is 4.93. The third-order valence-corrected chi connectivity index (χ3v) is 5.17. The van der Waals surface area contributed by atoms with Gasteiger partial charge >= 0.3 is 37.9 Å². The predicted octanol–water partition coefficient (Wildman–Crippen LogP) is 8.72. The molecule has 0 unspecified atom stereocenters. The van der Waals surface area contributed by atoms with Gasteiger partial charge in [0.15, 0.2) is 0 Å². The van der Waals surface area contributed by atoms with Crippen LogP contribution in [0.15, 0.2) is 42.5 Å². The van der Waals surface area contributed by atoms with Crippen molar-refractivity contribution in [2.24, 2.45) is 0 Å². The van der Waals surface area contributed by atoms with E-state index in [9.17, 15) is 0 Å². The van der Waals surface area contributed by atoms with Gasteiger partial charge in [-0.15, -0.1) is 34.5 Å². The summed E-state index contributed by atoms with van der Waals surface area (Å²) in [5, 5.41) is 2.77. The van der Waals surface area contributed by atoms with Crippen molar-refractivity contribution in [1.29, 1.82) is 0 Å². The summed E-state index contributed by atoms with van der Waals surface area (Å²) in [6, 6.07) is 16.4. The van der Waals surface area contributed by atoms with E-state index in [4.69, 9.17) is 17.0 Å². The molecule has 0 amide bonds. The second-order valence-electron chi connectivity index (χ2n) is 7.75. The van der Waals surface area contributed by atoms with Crippen molar-refractivity contribution in [3.63, 3.8) is 0 Å². The molecule has 0 radical (unpaired) electrons. The van der Waals surface area contributed by atoms with E-state index in [-0.39, 0.29) is 0 Å². The molecule has 0 saturated carbocycles. The monoisotopic (exact) mass is 477 g/mol. The number of hydrogen-bond acceptors (Lipinski definition) is 0. The van der Waals surface area contributed by atoms with Crippen molar-refractivity contribution in [3.8, 4) is 11.1 Å². The quantitative estimate of drug-likeness (QED) is 0.328. The van der Waals surface area contributed by atoms with Crippen LogP contribution in [0.4, 0.5) is 0 Å². The maximum absolute atomic E-state index is 4.93. The first-order valence-electron chi connectivity index (χ1n) is 9.62. The minimum absolute atomic E-state index is 0.549. The first-order valence-corrected chi connectivity index (χ1v) is 16.0. The summed E-state index contributed by atoms with van der Waals surface area (Å²) in [7, 11) is 9.87. The molecule has 0 nitrogen and oxygen atoms in total. The van der Waals surface area contributed by atoms with Crippen molar-refractivity contribution in [1.82, 2.24) is 0 Å². The van der Waals surface area contributed by atoms with Crippen LogP contribution in [0.25, 0.3) is 21.9 Å². The van der Waals surface area contributed by atoms with Crippen LogP contribution in [0.2, 0.25) is 0 Å². The molecule has 0 aliphatic rings. The molecule has 3 aromatic carbocycles. The summed E-state index contributed by atoms with van der Waals surface area (Å²) in [6.45, 7) is 13.6. The van der Waals surface area contributed by atoms with Gasteiger partial charge in [-0.2, -0.15) is 6.07 Å². The first-order chi connectivity index (χ1) is 12.8. The molecular formula is C24H29Cl2Zr-. The molecule has 0 aromatic heterocycles. The van der Waals surface area contributed by atoms with E-state index in [1.165, 1.54) is 44.2 Å². The Morgan fingerprint density at radius 3 is 1.96 bits per heavy atom.